The minimum Gasteiger partial charge on any atom is -0.337 e. The van der Waals surface area contributed by atoms with Gasteiger partial charge in [0.1, 0.15) is 5.69 Å². The van der Waals surface area contributed by atoms with Gasteiger partial charge in [0.15, 0.2) is 23.4 Å². The summed E-state index contributed by atoms with van der Waals surface area (Å²) in [5.41, 5.74) is 9.72. The number of pyridine rings is 2. The molecule has 0 fully saturated rings. The molecular formula is C26H32N7O2S+. The lowest BCUT2D eigenvalue weighted by Gasteiger charge is -2.44. The molecule has 4 aromatic rings. The van der Waals surface area contributed by atoms with E-state index in [1.165, 1.54) is 12.3 Å². The molecule has 0 saturated heterocycles. The van der Waals surface area contributed by atoms with E-state index in [1.807, 2.05) is 30.3 Å². The van der Waals surface area contributed by atoms with Crippen LogP contribution in [-0.4, -0.2) is 46.0 Å². The van der Waals surface area contributed by atoms with Crippen LogP contribution in [0.5, 0.6) is 0 Å². The highest BCUT2D eigenvalue weighted by atomic mass is 32.2. The third-order valence-corrected chi connectivity index (χ3v) is 8.25. The van der Waals surface area contributed by atoms with E-state index in [1.54, 1.807) is 18.3 Å². The third kappa shape index (κ3) is 5.03. The van der Waals surface area contributed by atoms with Gasteiger partial charge < -0.3 is 10.7 Å². The first-order valence-corrected chi connectivity index (χ1v) is 13.9. The minimum atomic E-state index is -3.95. The van der Waals surface area contributed by atoms with Gasteiger partial charge >= 0.3 is 0 Å². The van der Waals surface area contributed by atoms with Crippen molar-refractivity contribution in [2.24, 2.45) is 5.73 Å². The average Bonchev–Trinajstić information content (AvgIpc) is 3.31. The number of benzene rings is 1. The molecule has 188 valence electrons. The van der Waals surface area contributed by atoms with E-state index < -0.39 is 10.0 Å². The fourth-order valence-corrected chi connectivity index (χ4v) is 6.54. The van der Waals surface area contributed by atoms with Gasteiger partial charge in [-0.05, 0) is 68.1 Å². The van der Waals surface area contributed by atoms with Crippen molar-refractivity contribution in [1.82, 2.24) is 24.8 Å². The number of H-pyrrole nitrogens is 1. The maximum Gasteiger partial charge on any atom is 0.299 e. The Morgan fingerprint density at radius 2 is 1.86 bits per heavy atom. The van der Waals surface area contributed by atoms with Gasteiger partial charge in [-0.3, -0.25) is 4.98 Å². The van der Waals surface area contributed by atoms with Crippen LogP contribution in [0.1, 0.15) is 48.8 Å². The number of fused-ring (bicyclic) bond motifs is 2. The third-order valence-electron chi connectivity index (χ3n) is 6.86. The fraction of sp³-hybridized carbons (Fsp3) is 0.346. The predicted octanol–water partition coefficient (Wildman–Crippen LogP) is 3.38. The molecule has 3 heterocycles. The molecule has 2 atom stereocenters. The van der Waals surface area contributed by atoms with Gasteiger partial charge in [-0.25, -0.2) is 23.0 Å². The Balaban J connectivity index is 1.64. The van der Waals surface area contributed by atoms with Crippen molar-refractivity contribution in [3.63, 3.8) is 0 Å². The highest BCUT2D eigenvalue weighted by Gasteiger charge is 2.46. The zero-order chi connectivity index (χ0) is 25.0. The Hall–Kier alpha value is -3.18. The second kappa shape index (κ2) is 10.4. The number of aryl methyl sites for hydroxylation is 1. The summed E-state index contributed by atoms with van der Waals surface area (Å²) < 4.78 is 27.5. The number of rotatable bonds is 10. The first-order chi connectivity index (χ1) is 17.5. The van der Waals surface area contributed by atoms with Crippen molar-refractivity contribution >= 4 is 21.1 Å². The summed E-state index contributed by atoms with van der Waals surface area (Å²) in [6, 6.07) is 16.6. The summed E-state index contributed by atoms with van der Waals surface area (Å²) >= 11 is 0. The molecule has 0 radical (unpaired) electrons. The average molecular weight is 507 g/mol. The molecule has 0 aliphatic heterocycles. The Morgan fingerprint density at radius 1 is 1.03 bits per heavy atom. The molecule has 9 nitrogen and oxygen atoms in total. The molecule has 0 amide bonds. The van der Waals surface area contributed by atoms with E-state index in [0.717, 1.165) is 60.2 Å². The summed E-state index contributed by atoms with van der Waals surface area (Å²) in [6.45, 7) is 1.42. The van der Waals surface area contributed by atoms with Gasteiger partial charge in [-0.2, -0.15) is 0 Å². The Kier molecular flexibility index (Phi) is 7.10. The molecule has 1 aliphatic rings. The number of aromatic amines is 1. The van der Waals surface area contributed by atoms with E-state index in [9.17, 15) is 8.42 Å². The molecule has 1 aromatic carbocycles. The summed E-state index contributed by atoms with van der Waals surface area (Å²) in [4.78, 5) is 20.2. The van der Waals surface area contributed by atoms with Crippen LogP contribution in [0, 0.1) is 0 Å². The van der Waals surface area contributed by atoms with Crippen LogP contribution in [0.15, 0.2) is 72.0 Å². The van der Waals surface area contributed by atoms with E-state index in [4.69, 9.17) is 15.7 Å². The number of hydrogen-bond donors (Lipinski definition) is 3. The molecule has 3 aromatic heterocycles. The quantitative estimate of drug-likeness (QED) is 0.172. The number of nitrogens with one attached hydrogen (secondary N) is 2. The number of imidazole rings is 1. The summed E-state index contributed by atoms with van der Waals surface area (Å²) in [7, 11) is -3.95. The smallest absolute Gasteiger partial charge is 0.299 e. The first kappa shape index (κ1) is 24.5. The van der Waals surface area contributed by atoms with Crippen molar-refractivity contribution in [2.75, 3.05) is 13.1 Å². The molecule has 36 heavy (non-hydrogen) atoms. The Labute approximate surface area is 211 Å². The number of nitrogens with two attached hydrogens (primary N) is 1. The second-order valence-corrected chi connectivity index (χ2v) is 10.9. The van der Waals surface area contributed by atoms with Crippen molar-refractivity contribution in [3.05, 3.63) is 84.1 Å². The fourth-order valence-electron chi connectivity index (χ4n) is 5.23. The van der Waals surface area contributed by atoms with Gasteiger partial charge in [0.05, 0.1) is 17.6 Å². The van der Waals surface area contributed by atoms with Crippen molar-refractivity contribution in [1.29, 1.82) is 0 Å². The van der Waals surface area contributed by atoms with Crippen LogP contribution in [0.25, 0.3) is 11.0 Å². The molecule has 2 unspecified atom stereocenters. The van der Waals surface area contributed by atoms with Crippen LogP contribution in [0.2, 0.25) is 0 Å². The molecule has 0 saturated carbocycles. The zero-order valence-corrected chi connectivity index (χ0v) is 21.0. The van der Waals surface area contributed by atoms with Gasteiger partial charge in [-0.1, -0.05) is 29.1 Å². The van der Waals surface area contributed by atoms with E-state index in [0.29, 0.717) is 19.6 Å². The SMILES string of the molecule is NCCCC[N+](Cc1nc2ccccc2[nH]1)(NS(=O)(=O)c1ccccn1)C1CCCc2cccnc21. The van der Waals surface area contributed by atoms with E-state index in [-0.39, 0.29) is 15.7 Å². The number of quaternary nitrogens is 1. The Bertz CT molecular complexity index is 1390. The van der Waals surface area contributed by atoms with Gasteiger partial charge in [-0.15, -0.1) is 0 Å². The normalized spacial score (nSPS) is 17.5. The van der Waals surface area contributed by atoms with Crippen molar-refractivity contribution in [3.8, 4) is 0 Å². The van der Waals surface area contributed by atoms with Gasteiger partial charge in [0.25, 0.3) is 10.0 Å². The second-order valence-electron chi connectivity index (χ2n) is 9.33. The topological polar surface area (TPSA) is 127 Å². The summed E-state index contributed by atoms with van der Waals surface area (Å²) in [5.74, 6) is 0.718. The summed E-state index contributed by atoms with van der Waals surface area (Å²) in [5, 5.41) is -0.00650. The molecule has 4 N–H and O–H groups in total. The maximum absolute atomic E-state index is 13.7. The molecule has 5 rings (SSSR count). The first-order valence-electron chi connectivity index (χ1n) is 12.4. The molecule has 10 heteroatoms. The minimum absolute atomic E-state index is 0.00650. The maximum atomic E-state index is 13.7. The largest absolute Gasteiger partial charge is 0.337 e. The monoisotopic (exact) mass is 506 g/mol. The number of unbranched alkanes of at least 4 members (excludes halogenated alkanes) is 1. The lowest BCUT2D eigenvalue weighted by Crippen LogP contribution is -2.62. The van der Waals surface area contributed by atoms with Crippen LogP contribution < -0.4 is 10.6 Å². The zero-order valence-electron chi connectivity index (χ0n) is 20.2. The predicted molar refractivity (Wildman–Crippen MR) is 138 cm³/mol. The number of nitrogens with zero attached hydrogens (tertiary/aromatic N) is 4. The number of hydrogen-bond acceptors (Lipinski definition) is 6. The molecule has 0 bridgehead atoms. The van der Waals surface area contributed by atoms with Crippen LogP contribution in [-0.2, 0) is 23.0 Å². The Morgan fingerprint density at radius 3 is 2.67 bits per heavy atom. The number of aromatic nitrogens is 4. The summed E-state index contributed by atoms with van der Waals surface area (Å²) in [6.07, 6.45) is 7.51. The van der Waals surface area contributed by atoms with Gasteiger partial charge in [0.2, 0.25) is 0 Å². The number of para-hydroxylation sites is 2. The van der Waals surface area contributed by atoms with Crippen LogP contribution in [0.4, 0.5) is 0 Å². The molecular weight excluding hydrogens is 474 g/mol. The highest BCUT2D eigenvalue weighted by Crippen LogP contribution is 2.39. The number of sulfonamides is 1. The lowest BCUT2D eigenvalue weighted by atomic mass is 9.90. The van der Waals surface area contributed by atoms with E-state index >= 15 is 0 Å². The lowest BCUT2D eigenvalue weighted by molar-refractivity contribution is -0.998. The highest BCUT2D eigenvalue weighted by molar-refractivity contribution is 7.89. The molecule has 0 spiro atoms. The van der Waals surface area contributed by atoms with Gasteiger partial charge in [0, 0.05) is 18.8 Å². The molecule has 1 aliphatic carbocycles. The van der Waals surface area contributed by atoms with Crippen LogP contribution >= 0.6 is 0 Å². The van der Waals surface area contributed by atoms with Crippen molar-refractivity contribution in [2.45, 2.75) is 49.7 Å². The standard InChI is InChI=1S/C26H32N7O2S/c27-15-4-6-18-33(32-36(34,35)25-14-3-5-16-28-25,19-24-30-21-11-1-2-12-22(21)31-24)23-13-7-9-20-10-8-17-29-26(20)23/h1-3,5,8,10-12,14,16-17,23,32H,4,6-7,9,13,15,18-19,27H2,(H,30,31)/q+1. The van der Waals surface area contributed by atoms with Crippen molar-refractivity contribution < 1.29 is 13.0 Å². The van der Waals surface area contributed by atoms with Crippen LogP contribution in [0.3, 0.4) is 0 Å². The van der Waals surface area contributed by atoms with E-state index in [2.05, 4.69) is 20.9 Å².